The van der Waals surface area contributed by atoms with Crippen LogP contribution in [0.15, 0.2) is 4.47 Å². The van der Waals surface area contributed by atoms with Crippen LogP contribution < -0.4 is 0 Å². The van der Waals surface area contributed by atoms with Gasteiger partial charge in [-0.15, -0.1) is 0 Å². The molecule has 1 aliphatic rings. The highest BCUT2D eigenvalue weighted by Gasteiger charge is 2.32. The molecule has 0 spiro atoms. The Morgan fingerprint density at radius 3 is 2.80 bits per heavy atom. The van der Waals surface area contributed by atoms with Crippen LogP contribution in [0, 0.1) is 0 Å². The molecule has 0 amide bonds. The SMILES string of the molecule is CCn1nc(C(=O)OC)c(Br)c1C1CC1. The normalized spacial score (nSPS) is 15.4. The number of ether oxygens (including phenoxy) is 1. The molecule has 0 saturated heterocycles. The summed E-state index contributed by atoms with van der Waals surface area (Å²) >= 11 is 3.44. The Morgan fingerprint density at radius 1 is 1.67 bits per heavy atom. The summed E-state index contributed by atoms with van der Waals surface area (Å²) in [5.74, 6) is 0.182. The second-order valence-electron chi connectivity index (χ2n) is 3.63. The van der Waals surface area contributed by atoms with E-state index in [4.69, 9.17) is 0 Å². The van der Waals surface area contributed by atoms with E-state index in [1.54, 1.807) is 0 Å². The summed E-state index contributed by atoms with van der Waals surface area (Å²) < 4.78 is 7.37. The number of halogens is 1. The minimum Gasteiger partial charge on any atom is -0.464 e. The van der Waals surface area contributed by atoms with Gasteiger partial charge in [0.05, 0.1) is 17.3 Å². The summed E-state index contributed by atoms with van der Waals surface area (Å²) in [6, 6.07) is 0. The summed E-state index contributed by atoms with van der Waals surface area (Å²) in [4.78, 5) is 11.4. The van der Waals surface area contributed by atoms with Gasteiger partial charge in [-0.1, -0.05) is 0 Å². The molecule has 1 heterocycles. The number of hydrogen-bond donors (Lipinski definition) is 0. The lowest BCUT2D eigenvalue weighted by atomic mass is 10.2. The zero-order chi connectivity index (χ0) is 11.0. The Hall–Kier alpha value is -0.840. The van der Waals surface area contributed by atoms with Crippen molar-refractivity contribution in [2.45, 2.75) is 32.2 Å². The van der Waals surface area contributed by atoms with Gasteiger partial charge in [0.15, 0.2) is 5.69 Å². The smallest absolute Gasteiger partial charge is 0.359 e. The number of esters is 1. The molecule has 82 valence electrons. The van der Waals surface area contributed by atoms with Crippen LogP contribution in [0.5, 0.6) is 0 Å². The number of carbonyl (C=O) groups excluding carboxylic acids is 1. The van der Waals surface area contributed by atoms with E-state index in [1.165, 1.54) is 20.0 Å². The highest BCUT2D eigenvalue weighted by atomic mass is 79.9. The minimum atomic E-state index is -0.379. The van der Waals surface area contributed by atoms with Crippen LogP contribution >= 0.6 is 15.9 Å². The third-order valence-electron chi connectivity index (χ3n) is 2.57. The molecule has 1 saturated carbocycles. The molecular weight excluding hydrogens is 260 g/mol. The molecule has 0 N–H and O–H groups in total. The number of aromatic nitrogens is 2. The predicted octanol–water partition coefficient (Wildman–Crippen LogP) is 2.33. The van der Waals surface area contributed by atoms with Crippen LogP contribution in [0.2, 0.25) is 0 Å². The zero-order valence-electron chi connectivity index (χ0n) is 8.79. The largest absolute Gasteiger partial charge is 0.464 e. The van der Waals surface area contributed by atoms with Crippen LogP contribution in [0.25, 0.3) is 0 Å². The van der Waals surface area contributed by atoms with Gasteiger partial charge >= 0.3 is 5.97 Å². The number of methoxy groups -OCH3 is 1. The van der Waals surface area contributed by atoms with Gasteiger partial charge in [-0.3, -0.25) is 4.68 Å². The van der Waals surface area contributed by atoms with Crippen LogP contribution in [-0.2, 0) is 11.3 Å². The van der Waals surface area contributed by atoms with Crippen molar-refractivity contribution in [1.29, 1.82) is 0 Å². The maximum Gasteiger partial charge on any atom is 0.359 e. The summed E-state index contributed by atoms with van der Waals surface area (Å²) in [6.07, 6.45) is 2.37. The van der Waals surface area contributed by atoms with Crippen molar-refractivity contribution >= 4 is 21.9 Å². The standard InChI is InChI=1S/C10H13BrN2O2/c1-3-13-9(6-4-5-6)7(11)8(12-13)10(14)15-2/h6H,3-5H2,1-2H3. The van der Waals surface area contributed by atoms with Gasteiger partial charge in [0.25, 0.3) is 0 Å². The van der Waals surface area contributed by atoms with Crippen molar-refractivity contribution in [2.24, 2.45) is 0 Å². The van der Waals surface area contributed by atoms with Crippen molar-refractivity contribution in [3.05, 3.63) is 15.9 Å². The first kappa shape index (κ1) is 10.7. The molecule has 0 radical (unpaired) electrons. The summed E-state index contributed by atoms with van der Waals surface area (Å²) in [5, 5.41) is 4.26. The molecule has 5 heteroatoms. The predicted molar refractivity (Wildman–Crippen MR) is 58.9 cm³/mol. The van der Waals surface area contributed by atoms with Crippen LogP contribution in [-0.4, -0.2) is 22.9 Å². The maximum atomic E-state index is 11.4. The van der Waals surface area contributed by atoms with Crippen molar-refractivity contribution in [2.75, 3.05) is 7.11 Å². The Balaban J connectivity index is 2.44. The molecule has 0 bridgehead atoms. The molecule has 1 fully saturated rings. The van der Waals surface area contributed by atoms with Gasteiger partial charge in [0.2, 0.25) is 0 Å². The first-order valence-electron chi connectivity index (χ1n) is 5.03. The van der Waals surface area contributed by atoms with E-state index in [9.17, 15) is 4.79 Å². The van der Waals surface area contributed by atoms with E-state index in [0.29, 0.717) is 11.6 Å². The zero-order valence-corrected chi connectivity index (χ0v) is 10.4. The lowest BCUT2D eigenvalue weighted by Gasteiger charge is -2.01. The van der Waals surface area contributed by atoms with Crippen molar-refractivity contribution < 1.29 is 9.53 Å². The Kier molecular flexibility index (Phi) is 2.82. The van der Waals surface area contributed by atoms with E-state index in [-0.39, 0.29) is 5.97 Å². The van der Waals surface area contributed by atoms with E-state index < -0.39 is 0 Å². The Labute approximate surface area is 96.7 Å². The molecule has 4 nitrogen and oxygen atoms in total. The average Bonchev–Trinajstić information content (AvgIpc) is 3.02. The lowest BCUT2D eigenvalue weighted by Crippen LogP contribution is -2.05. The van der Waals surface area contributed by atoms with Crippen LogP contribution in [0.3, 0.4) is 0 Å². The fourth-order valence-electron chi connectivity index (χ4n) is 1.67. The highest BCUT2D eigenvalue weighted by Crippen LogP contribution is 2.44. The van der Waals surface area contributed by atoms with Gasteiger partial charge in [-0.05, 0) is 35.7 Å². The molecule has 2 rings (SSSR count). The van der Waals surface area contributed by atoms with E-state index in [0.717, 1.165) is 16.7 Å². The number of nitrogens with zero attached hydrogens (tertiary/aromatic N) is 2. The summed E-state index contributed by atoms with van der Waals surface area (Å²) in [6.45, 7) is 2.80. The molecule has 0 aliphatic heterocycles. The second-order valence-corrected chi connectivity index (χ2v) is 4.42. The molecule has 1 aromatic heterocycles. The molecule has 0 atom stereocenters. The van der Waals surface area contributed by atoms with Crippen LogP contribution in [0.4, 0.5) is 0 Å². The highest BCUT2D eigenvalue weighted by molar-refractivity contribution is 9.10. The quantitative estimate of drug-likeness (QED) is 0.794. The van der Waals surface area contributed by atoms with Gasteiger partial charge in [-0.25, -0.2) is 4.79 Å². The molecule has 0 aromatic carbocycles. The number of aryl methyl sites for hydroxylation is 1. The number of rotatable bonds is 3. The average molecular weight is 273 g/mol. The monoisotopic (exact) mass is 272 g/mol. The van der Waals surface area contributed by atoms with E-state index >= 15 is 0 Å². The second kappa shape index (κ2) is 3.96. The van der Waals surface area contributed by atoms with Gasteiger partial charge in [0, 0.05) is 12.5 Å². The molecule has 1 aromatic rings. The third kappa shape index (κ3) is 1.80. The molecular formula is C10H13BrN2O2. The minimum absolute atomic E-state index is 0.379. The summed E-state index contributed by atoms with van der Waals surface area (Å²) in [7, 11) is 1.37. The number of carbonyl (C=O) groups is 1. The maximum absolute atomic E-state index is 11.4. The fourth-order valence-corrected chi connectivity index (χ4v) is 2.44. The topological polar surface area (TPSA) is 44.1 Å². The van der Waals surface area contributed by atoms with Crippen LogP contribution in [0.1, 0.15) is 41.9 Å². The van der Waals surface area contributed by atoms with Crippen molar-refractivity contribution in [1.82, 2.24) is 9.78 Å². The van der Waals surface area contributed by atoms with Gasteiger partial charge in [-0.2, -0.15) is 5.10 Å². The Bertz CT molecular complexity index is 396. The van der Waals surface area contributed by atoms with Gasteiger partial charge < -0.3 is 4.74 Å². The van der Waals surface area contributed by atoms with Crippen molar-refractivity contribution in [3.8, 4) is 0 Å². The molecule has 15 heavy (non-hydrogen) atoms. The molecule has 0 unspecified atom stereocenters. The first-order valence-corrected chi connectivity index (χ1v) is 5.82. The number of hydrogen-bond acceptors (Lipinski definition) is 3. The first-order chi connectivity index (χ1) is 7.19. The van der Waals surface area contributed by atoms with E-state index in [1.807, 2.05) is 11.6 Å². The lowest BCUT2D eigenvalue weighted by molar-refractivity contribution is 0.0592. The fraction of sp³-hybridized carbons (Fsp3) is 0.600. The van der Waals surface area contributed by atoms with Crippen molar-refractivity contribution in [3.63, 3.8) is 0 Å². The van der Waals surface area contributed by atoms with Gasteiger partial charge in [0.1, 0.15) is 0 Å². The Morgan fingerprint density at radius 2 is 2.33 bits per heavy atom. The molecule has 1 aliphatic carbocycles. The van der Waals surface area contributed by atoms with E-state index in [2.05, 4.69) is 25.8 Å². The summed E-state index contributed by atoms with van der Waals surface area (Å²) in [5.41, 5.74) is 1.53. The third-order valence-corrected chi connectivity index (χ3v) is 3.36.